The molecule has 10 heteroatoms. The normalized spacial score (nSPS) is 18.8. The molecule has 0 radical (unpaired) electrons. The van der Waals surface area contributed by atoms with Crippen molar-refractivity contribution in [1.29, 1.82) is 0 Å². The lowest BCUT2D eigenvalue weighted by Crippen LogP contribution is -2.49. The van der Waals surface area contributed by atoms with E-state index >= 15 is 0 Å². The fourth-order valence-corrected chi connectivity index (χ4v) is 4.84. The number of fused-ring (bicyclic) bond motifs is 1. The molecule has 1 atom stereocenters. The maximum Gasteiger partial charge on any atom is 0.573 e. The van der Waals surface area contributed by atoms with Crippen LogP contribution in [0.15, 0.2) is 47.7 Å². The Balaban J connectivity index is 1.72. The van der Waals surface area contributed by atoms with Gasteiger partial charge >= 0.3 is 6.36 Å². The van der Waals surface area contributed by atoms with Gasteiger partial charge in [-0.25, -0.2) is 8.78 Å². The Morgan fingerprint density at radius 1 is 1.20 bits per heavy atom. The van der Waals surface area contributed by atoms with E-state index in [1.54, 1.807) is 33.0 Å². The molecule has 3 heterocycles. The molecule has 0 saturated carbocycles. The lowest BCUT2D eigenvalue weighted by Gasteiger charge is -2.40. The minimum Gasteiger partial charge on any atom is -0.405 e. The first-order valence-electron chi connectivity index (χ1n) is 11.3. The largest absolute Gasteiger partial charge is 0.573 e. The quantitative estimate of drug-likeness (QED) is 0.432. The standard InChI is InChI=1S/C25H26F5N3O2/c1-15(2)21-7-9-33(14-24(21,26)27)12-17-5-4-16(10-22(17)35-25(28,29)30)20-13-32(3)23(34)19-11-31-8-6-18(19)20/h4-6,8,10-11,13,15,21H,7,9,12,14H2,1-3H3. The molecule has 5 nitrogen and oxygen atoms in total. The summed E-state index contributed by atoms with van der Waals surface area (Å²) in [7, 11) is 1.54. The van der Waals surface area contributed by atoms with E-state index in [0.29, 0.717) is 28.4 Å². The fraction of sp³-hybridized carbons (Fsp3) is 0.440. The van der Waals surface area contributed by atoms with Crippen LogP contribution >= 0.6 is 0 Å². The lowest BCUT2D eigenvalue weighted by atomic mass is 9.83. The van der Waals surface area contributed by atoms with Crippen molar-refractivity contribution in [3.63, 3.8) is 0 Å². The number of hydrogen-bond donors (Lipinski definition) is 0. The van der Waals surface area contributed by atoms with Crippen LogP contribution in [-0.2, 0) is 13.6 Å². The van der Waals surface area contributed by atoms with Gasteiger partial charge in [0, 0.05) is 49.2 Å². The molecule has 188 valence electrons. The number of hydrogen-bond acceptors (Lipinski definition) is 4. The molecule has 3 aromatic rings. The number of aromatic nitrogens is 2. The monoisotopic (exact) mass is 495 g/mol. The van der Waals surface area contributed by atoms with E-state index < -0.39 is 30.5 Å². The summed E-state index contributed by atoms with van der Waals surface area (Å²) in [5.41, 5.74) is 0.780. The number of pyridine rings is 2. The summed E-state index contributed by atoms with van der Waals surface area (Å²) in [5, 5.41) is 0.856. The lowest BCUT2D eigenvalue weighted by molar-refractivity contribution is -0.275. The maximum atomic E-state index is 14.7. The zero-order chi connectivity index (χ0) is 25.5. The van der Waals surface area contributed by atoms with Crippen LogP contribution in [0.4, 0.5) is 22.0 Å². The van der Waals surface area contributed by atoms with Gasteiger partial charge in [-0.05, 0) is 42.0 Å². The Labute approximate surface area is 199 Å². The van der Waals surface area contributed by atoms with E-state index in [0.717, 1.165) is 0 Å². The van der Waals surface area contributed by atoms with Gasteiger partial charge in [-0.2, -0.15) is 0 Å². The van der Waals surface area contributed by atoms with Crippen LogP contribution in [0.5, 0.6) is 5.75 Å². The summed E-state index contributed by atoms with van der Waals surface area (Å²) >= 11 is 0. The Kier molecular flexibility index (Phi) is 6.61. The number of piperidine rings is 1. The molecule has 0 aliphatic carbocycles. The third kappa shape index (κ3) is 5.32. The van der Waals surface area contributed by atoms with Crippen molar-refractivity contribution in [3.8, 4) is 16.9 Å². The number of alkyl halides is 5. The van der Waals surface area contributed by atoms with Crippen molar-refractivity contribution in [2.45, 2.75) is 39.1 Å². The number of nitrogens with zero attached hydrogens (tertiary/aromatic N) is 3. The van der Waals surface area contributed by atoms with Gasteiger partial charge in [-0.1, -0.05) is 26.0 Å². The number of ether oxygens (including phenoxy) is 1. The molecule has 0 bridgehead atoms. The predicted octanol–water partition coefficient (Wildman–Crippen LogP) is 5.61. The molecule has 1 aromatic carbocycles. The van der Waals surface area contributed by atoms with Gasteiger partial charge in [-0.15, -0.1) is 13.2 Å². The second-order valence-electron chi connectivity index (χ2n) is 9.36. The van der Waals surface area contributed by atoms with Gasteiger partial charge in [0.2, 0.25) is 0 Å². The molecular weight excluding hydrogens is 469 g/mol. The Hall–Kier alpha value is -3.01. The highest BCUT2D eigenvalue weighted by Gasteiger charge is 2.45. The van der Waals surface area contributed by atoms with Crippen LogP contribution < -0.4 is 10.3 Å². The van der Waals surface area contributed by atoms with Crippen LogP contribution in [-0.4, -0.2) is 39.8 Å². The van der Waals surface area contributed by atoms with Gasteiger partial charge in [0.05, 0.1) is 11.9 Å². The van der Waals surface area contributed by atoms with Crippen LogP contribution in [0.25, 0.3) is 21.9 Å². The first-order valence-corrected chi connectivity index (χ1v) is 11.3. The summed E-state index contributed by atoms with van der Waals surface area (Å²) in [4.78, 5) is 17.9. The molecule has 1 aliphatic heterocycles. The van der Waals surface area contributed by atoms with Gasteiger partial charge < -0.3 is 9.30 Å². The number of rotatable bonds is 5. The van der Waals surface area contributed by atoms with Crippen LogP contribution in [0.3, 0.4) is 0 Å². The first kappa shape index (κ1) is 25.1. The van der Waals surface area contributed by atoms with Gasteiger partial charge in [0.25, 0.3) is 11.5 Å². The van der Waals surface area contributed by atoms with Crippen LogP contribution in [0, 0.1) is 11.8 Å². The Bertz CT molecular complexity index is 1290. The minimum absolute atomic E-state index is 0.107. The molecular formula is C25H26F5N3O2. The van der Waals surface area contributed by atoms with Gasteiger partial charge in [0.15, 0.2) is 0 Å². The number of halogens is 5. The minimum atomic E-state index is -4.96. The van der Waals surface area contributed by atoms with Crippen molar-refractivity contribution in [2.24, 2.45) is 18.9 Å². The summed E-state index contributed by atoms with van der Waals surface area (Å²) in [6.07, 6.45) is -0.265. The molecule has 0 N–H and O–H groups in total. The first-order chi connectivity index (χ1) is 16.4. The average Bonchev–Trinajstić information content (AvgIpc) is 2.75. The van der Waals surface area contributed by atoms with E-state index in [9.17, 15) is 26.7 Å². The highest BCUT2D eigenvalue weighted by Crippen LogP contribution is 2.39. The molecule has 35 heavy (non-hydrogen) atoms. The predicted molar refractivity (Wildman–Crippen MR) is 122 cm³/mol. The van der Waals surface area contributed by atoms with Crippen LogP contribution in [0.2, 0.25) is 0 Å². The number of benzene rings is 1. The van der Waals surface area contributed by atoms with E-state index in [4.69, 9.17) is 0 Å². The second-order valence-corrected chi connectivity index (χ2v) is 9.36. The summed E-state index contributed by atoms with van der Waals surface area (Å²) in [6.45, 7) is 3.22. The second kappa shape index (κ2) is 9.22. The van der Waals surface area contributed by atoms with Gasteiger partial charge in [0.1, 0.15) is 5.75 Å². The van der Waals surface area contributed by atoms with Gasteiger partial charge in [-0.3, -0.25) is 14.7 Å². The van der Waals surface area contributed by atoms with E-state index in [-0.39, 0.29) is 30.0 Å². The molecule has 4 rings (SSSR count). The average molecular weight is 495 g/mol. The van der Waals surface area contributed by atoms with E-state index in [1.807, 2.05) is 0 Å². The molecule has 1 unspecified atom stereocenters. The number of aryl methyl sites for hydroxylation is 1. The fourth-order valence-electron chi connectivity index (χ4n) is 4.84. The third-order valence-corrected chi connectivity index (χ3v) is 6.52. The summed E-state index contributed by atoms with van der Waals surface area (Å²) in [6, 6.07) is 5.92. The topological polar surface area (TPSA) is 47.4 Å². The zero-order valence-electron chi connectivity index (χ0n) is 19.6. The summed E-state index contributed by atoms with van der Waals surface area (Å²) in [5.74, 6) is -4.35. The summed E-state index contributed by atoms with van der Waals surface area (Å²) < 4.78 is 74.7. The number of likely N-dealkylation sites (tertiary alicyclic amines) is 1. The Morgan fingerprint density at radius 2 is 1.94 bits per heavy atom. The Morgan fingerprint density at radius 3 is 2.60 bits per heavy atom. The van der Waals surface area contributed by atoms with Crippen molar-refractivity contribution in [1.82, 2.24) is 14.5 Å². The third-order valence-electron chi connectivity index (χ3n) is 6.52. The molecule has 0 spiro atoms. The highest BCUT2D eigenvalue weighted by atomic mass is 19.4. The van der Waals surface area contributed by atoms with E-state index in [2.05, 4.69) is 9.72 Å². The smallest absolute Gasteiger partial charge is 0.405 e. The van der Waals surface area contributed by atoms with E-state index in [1.165, 1.54) is 40.2 Å². The maximum absolute atomic E-state index is 14.7. The van der Waals surface area contributed by atoms with Crippen molar-refractivity contribution < 1.29 is 26.7 Å². The molecule has 1 aliphatic rings. The highest BCUT2D eigenvalue weighted by molar-refractivity contribution is 5.95. The van der Waals surface area contributed by atoms with Crippen molar-refractivity contribution >= 4 is 10.8 Å². The molecule has 2 aromatic heterocycles. The molecule has 0 amide bonds. The van der Waals surface area contributed by atoms with Crippen molar-refractivity contribution in [2.75, 3.05) is 13.1 Å². The molecule has 1 saturated heterocycles. The zero-order valence-corrected chi connectivity index (χ0v) is 19.6. The van der Waals surface area contributed by atoms with Crippen LogP contribution in [0.1, 0.15) is 25.8 Å². The molecule has 1 fully saturated rings. The van der Waals surface area contributed by atoms with Crippen molar-refractivity contribution in [3.05, 3.63) is 58.8 Å². The SMILES string of the molecule is CC(C)C1CCN(Cc2ccc(-c3cn(C)c(=O)c4cnccc34)cc2OC(F)(F)F)CC1(F)F.